The Morgan fingerprint density at radius 1 is 1.33 bits per heavy atom. The highest BCUT2D eigenvalue weighted by molar-refractivity contribution is 7.90. The van der Waals surface area contributed by atoms with Crippen LogP contribution in [0.3, 0.4) is 0 Å². The number of nitrogens with two attached hydrogens (primary N) is 1. The van der Waals surface area contributed by atoms with Gasteiger partial charge >= 0.3 is 0 Å². The molecule has 1 aromatic carbocycles. The molecular weight excluding hydrogens is 253 g/mol. The molecule has 0 aliphatic heterocycles. The van der Waals surface area contributed by atoms with E-state index in [4.69, 9.17) is 5.73 Å². The van der Waals surface area contributed by atoms with Crippen molar-refractivity contribution in [1.29, 1.82) is 0 Å². The van der Waals surface area contributed by atoms with Gasteiger partial charge in [-0.25, -0.2) is 12.8 Å². The van der Waals surface area contributed by atoms with Crippen molar-refractivity contribution in [3.05, 3.63) is 35.6 Å². The second-order valence-corrected chi connectivity index (χ2v) is 6.93. The first kappa shape index (κ1) is 15.1. The van der Waals surface area contributed by atoms with E-state index in [1.54, 1.807) is 18.2 Å². The van der Waals surface area contributed by atoms with Crippen molar-refractivity contribution in [2.75, 3.05) is 18.6 Å². The van der Waals surface area contributed by atoms with Gasteiger partial charge in [0.05, 0.1) is 0 Å². The van der Waals surface area contributed by atoms with Gasteiger partial charge in [0.1, 0.15) is 15.7 Å². The third kappa shape index (κ3) is 5.60. The Labute approximate surface area is 108 Å². The number of rotatable bonds is 7. The molecule has 0 bridgehead atoms. The number of sulfone groups is 1. The molecule has 0 aliphatic rings. The Morgan fingerprint density at radius 2 is 2.00 bits per heavy atom. The van der Waals surface area contributed by atoms with Gasteiger partial charge in [-0.1, -0.05) is 18.2 Å². The maximum absolute atomic E-state index is 13.5. The van der Waals surface area contributed by atoms with Crippen molar-refractivity contribution < 1.29 is 12.8 Å². The van der Waals surface area contributed by atoms with Crippen LogP contribution in [-0.4, -0.2) is 27.0 Å². The summed E-state index contributed by atoms with van der Waals surface area (Å²) in [5.41, 5.74) is 6.29. The second-order valence-electron chi connectivity index (χ2n) is 4.67. The number of hydrogen-bond acceptors (Lipinski definition) is 3. The van der Waals surface area contributed by atoms with Crippen molar-refractivity contribution in [2.24, 2.45) is 11.7 Å². The Balaban J connectivity index is 2.50. The maximum Gasteiger partial charge on any atom is 0.147 e. The first-order chi connectivity index (χ1) is 8.42. The summed E-state index contributed by atoms with van der Waals surface area (Å²) in [6.07, 6.45) is 3.07. The Bertz CT molecular complexity index is 474. The molecule has 0 saturated heterocycles. The molecule has 0 aromatic heterocycles. The molecule has 0 saturated carbocycles. The zero-order valence-electron chi connectivity index (χ0n) is 10.6. The third-order valence-electron chi connectivity index (χ3n) is 2.93. The van der Waals surface area contributed by atoms with Crippen LogP contribution in [0.15, 0.2) is 24.3 Å². The van der Waals surface area contributed by atoms with Crippen molar-refractivity contribution in [3.8, 4) is 0 Å². The lowest BCUT2D eigenvalue weighted by molar-refractivity contribution is 0.473. The van der Waals surface area contributed by atoms with Gasteiger partial charge in [0.25, 0.3) is 0 Å². The van der Waals surface area contributed by atoms with Gasteiger partial charge in [-0.2, -0.15) is 0 Å². The summed E-state index contributed by atoms with van der Waals surface area (Å²) in [5, 5.41) is 0. The van der Waals surface area contributed by atoms with Crippen LogP contribution in [0.5, 0.6) is 0 Å². The van der Waals surface area contributed by atoms with Crippen LogP contribution >= 0.6 is 0 Å². The molecule has 0 heterocycles. The largest absolute Gasteiger partial charge is 0.330 e. The second kappa shape index (κ2) is 6.85. The highest BCUT2D eigenvalue weighted by Gasteiger charge is 2.12. The summed E-state index contributed by atoms with van der Waals surface area (Å²) >= 11 is 0. The average Bonchev–Trinajstić information content (AvgIpc) is 2.29. The van der Waals surface area contributed by atoms with E-state index < -0.39 is 9.84 Å². The van der Waals surface area contributed by atoms with E-state index in [9.17, 15) is 12.8 Å². The van der Waals surface area contributed by atoms with Crippen molar-refractivity contribution >= 4 is 9.84 Å². The Morgan fingerprint density at radius 3 is 2.56 bits per heavy atom. The van der Waals surface area contributed by atoms with Crippen molar-refractivity contribution in [2.45, 2.75) is 19.3 Å². The minimum atomic E-state index is -2.92. The van der Waals surface area contributed by atoms with E-state index in [-0.39, 0.29) is 17.5 Å². The summed E-state index contributed by atoms with van der Waals surface area (Å²) in [6.45, 7) is 0.443. The first-order valence-corrected chi connectivity index (χ1v) is 8.09. The monoisotopic (exact) mass is 273 g/mol. The van der Waals surface area contributed by atoms with E-state index in [0.717, 1.165) is 0 Å². The van der Waals surface area contributed by atoms with E-state index in [2.05, 4.69) is 0 Å². The van der Waals surface area contributed by atoms with Gasteiger partial charge in [-0.05, 0) is 43.4 Å². The zero-order valence-corrected chi connectivity index (χ0v) is 11.4. The summed E-state index contributed by atoms with van der Waals surface area (Å²) in [4.78, 5) is 0. The molecule has 102 valence electrons. The molecule has 0 amide bonds. The molecule has 1 unspecified atom stereocenters. The van der Waals surface area contributed by atoms with Crippen molar-refractivity contribution in [3.63, 3.8) is 0 Å². The van der Waals surface area contributed by atoms with Gasteiger partial charge in [-0.3, -0.25) is 0 Å². The minimum Gasteiger partial charge on any atom is -0.330 e. The summed E-state index contributed by atoms with van der Waals surface area (Å²) in [5.74, 6) is 0.0727. The van der Waals surface area contributed by atoms with Gasteiger partial charge in [0.15, 0.2) is 0 Å². The molecule has 1 rings (SSSR count). The first-order valence-electron chi connectivity index (χ1n) is 6.03. The van der Waals surface area contributed by atoms with E-state index in [1.165, 1.54) is 12.3 Å². The lowest BCUT2D eigenvalue weighted by Crippen LogP contribution is -2.18. The molecule has 0 spiro atoms. The fraction of sp³-hybridized carbons (Fsp3) is 0.538. The standard InChI is InChI=1S/C13H20FNO2S/c1-18(16,17)8-4-5-11(10-15)9-12-6-2-3-7-13(12)14/h2-3,6-7,11H,4-5,8-10,15H2,1H3. The predicted octanol–water partition coefficient (Wildman–Crippen LogP) is 1.77. The van der Waals surface area contributed by atoms with Crippen LogP contribution in [0.1, 0.15) is 18.4 Å². The topological polar surface area (TPSA) is 60.2 Å². The van der Waals surface area contributed by atoms with Crippen molar-refractivity contribution in [1.82, 2.24) is 0 Å². The van der Waals surface area contributed by atoms with E-state index in [1.807, 2.05) is 0 Å². The average molecular weight is 273 g/mol. The fourth-order valence-corrected chi connectivity index (χ4v) is 2.60. The molecule has 1 atom stereocenters. The molecule has 2 N–H and O–H groups in total. The quantitative estimate of drug-likeness (QED) is 0.823. The zero-order chi connectivity index (χ0) is 13.6. The molecule has 3 nitrogen and oxygen atoms in total. The van der Waals surface area contributed by atoms with Crippen LogP contribution in [0.2, 0.25) is 0 Å². The predicted molar refractivity (Wildman–Crippen MR) is 71.6 cm³/mol. The lowest BCUT2D eigenvalue weighted by atomic mass is 9.95. The molecule has 1 aromatic rings. The van der Waals surface area contributed by atoms with Gasteiger partial charge in [0, 0.05) is 12.0 Å². The highest BCUT2D eigenvalue weighted by Crippen LogP contribution is 2.16. The third-order valence-corrected chi connectivity index (χ3v) is 3.96. The molecule has 0 aliphatic carbocycles. The molecule has 0 radical (unpaired) electrons. The van der Waals surface area contributed by atoms with Gasteiger partial charge in [0.2, 0.25) is 0 Å². The number of hydrogen-bond donors (Lipinski definition) is 1. The normalized spacial score (nSPS) is 13.5. The SMILES string of the molecule is CS(=O)(=O)CCCC(CN)Cc1ccccc1F. The van der Waals surface area contributed by atoms with E-state index in [0.29, 0.717) is 31.4 Å². The number of benzene rings is 1. The summed E-state index contributed by atoms with van der Waals surface area (Å²) in [7, 11) is -2.92. The Kier molecular flexibility index (Phi) is 5.75. The molecular formula is C13H20FNO2S. The van der Waals surface area contributed by atoms with E-state index >= 15 is 0 Å². The maximum atomic E-state index is 13.5. The summed E-state index contributed by atoms with van der Waals surface area (Å²) in [6, 6.07) is 6.62. The molecule has 0 fully saturated rings. The summed E-state index contributed by atoms with van der Waals surface area (Å²) < 4.78 is 35.5. The Hall–Kier alpha value is -0.940. The fourth-order valence-electron chi connectivity index (χ4n) is 1.91. The highest BCUT2D eigenvalue weighted by atomic mass is 32.2. The van der Waals surface area contributed by atoms with Crippen LogP contribution in [0.25, 0.3) is 0 Å². The minimum absolute atomic E-state index is 0.128. The molecule has 5 heteroatoms. The van der Waals surface area contributed by atoms with Crippen LogP contribution in [-0.2, 0) is 16.3 Å². The van der Waals surface area contributed by atoms with Crippen LogP contribution in [0.4, 0.5) is 4.39 Å². The van der Waals surface area contributed by atoms with Gasteiger partial charge in [-0.15, -0.1) is 0 Å². The molecule has 18 heavy (non-hydrogen) atoms. The lowest BCUT2D eigenvalue weighted by Gasteiger charge is -2.14. The smallest absolute Gasteiger partial charge is 0.147 e. The van der Waals surface area contributed by atoms with Crippen LogP contribution < -0.4 is 5.73 Å². The number of halogens is 1. The van der Waals surface area contributed by atoms with Gasteiger partial charge < -0.3 is 5.73 Å². The van der Waals surface area contributed by atoms with Crippen LogP contribution in [0, 0.1) is 11.7 Å².